The molecule has 7 nitrogen and oxygen atoms in total. The normalized spacial score (nSPS) is 22.2. The Bertz CT molecular complexity index is 867. The number of carbonyl (C=O) groups is 1. The Kier molecular flexibility index (Phi) is 5.01. The second kappa shape index (κ2) is 7.61. The van der Waals surface area contributed by atoms with Crippen LogP contribution < -0.4 is 9.64 Å². The number of piperidine rings is 1. The summed E-state index contributed by atoms with van der Waals surface area (Å²) in [5.41, 5.74) is 0.457. The van der Waals surface area contributed by atoms with Crippen molar-refractivity contribution in [1.29, 1.82) is 0 Å². The van der Waals surface area contributed by atoms with Crippen molar-refractivity contribution in [2.24, 2.45) is 5.92 Å². The highest BCUT2D eigenvalue weighted by Crippen LogP contribution is 2.29. The largest absolute Gasteiger partial charge is 0.488 e. The summed E-state index contributed by atoms with van der Waals surface area (Å²) in [7, 11) is 0. The van der Waals surface area contributed by atoms with Crippen molar-refractivity contribution in [2.45, 2.75) is 19.1 Å². The summed E-state index contributed by atoms with van der Waals surface area (Å²) in [4.78, 5) is 27.5. The maximum Gasteiger partial charge on any atom is 0.229 e. The van der Waals surface area contributed by atoms with Crippen molar-refractivity contribution in [3.63, 3.8) is 0 Å². The van der Waals surface area contributed by atoms with E-state index in [1.54, 1.807) is 4.90 Å². The van der Waals surface area contributed by atoms with E-state index in [2.05, 4.69) is 15.0 Å². The van der Waals surface area contributed by atoms with E-state index in [-0.39, 0.29) is 50.3 Å². The lowest BCUT2D eigenvalue weighted by atomic mass is 9.93. The van der Waals surface area contributed by atoms with Gasteiger partial charge in [-0.2, -0.15) is 0 Å². The van der Waals surface area contributed by atoms with Crippen molar-refractivity contribution in [3.05, 3.63) is 42.0 Å². The Labute approximate surface area is 159 Å². The molecular weight excluding hydrogens is 375 g/mol. The molecule has 1 amide bonds. The summed E-state index contributed by atoms with van der Waals surface area (Å²) in [6, 6.07) is 0. The second-order valence-corrected chi connectivity index (χ2v) is 6.78. The molecule has 0 aliphatic carbocycles. The van der Waals surface area contributed by atoms with Crippen LogP contribution in [0, 0.1) is 17.6 Å². The highest BCUT2D eigenvalue weighted by Gasteiger charge is 2.38. The van der Waals surface area contributed by atoms with E-state index in [0.29, 0.717) is 12.1 Å². The van der Waals surface area contributed by atoms with Gasteiger partial charge >= 0.3 is 0 Å². The molecule has 0 aromatic carbocycles. The molecule has 2 atom stereocenters. The van der Waals surface area contributed by atoms with Gasteiger partial charge in [0.15, 0.2) is 17.4 Å². The quantitative estimate of drug-likeness (QED) is 0.774. The van der Waals surface area contributed by atoms with Crippen LogP contribution in [0.4, 0.5) is 19.1 Å². The number of anilines is 1. The Morgan fingerprint density at radius 3 is 2.68 bits per heavy atom. The molecule has 28 heavy (non-hydrogen) atoms. The maximum absolute atomic E-state index is 14.8. The molecule has 0 radical (unpaired) electrons. The number of nitrogens with zero attached hydrogens (tertiary/aromatic N) is 5. The summed E-state index contributed by atoms with van der Waals surface area (Å²) in [5, 5.41) is 0. The highest BCUT2D eigenvalue weighted by atomic mass is 19.1. The Hall–Kier alpha value is -2.91. The number of halogens is 3. The maximum atomic E-state index is 14.8. The molecule has 0 bridgehead atoms. The summed E-state index contributed by atoms with van der Waals surface area (Å²) >= 11 is 0. The molecule has 1 saturated heterocycles. The zero-order valence-electron chi connectivity index (χ0n) is 14.9. The van der Waals surface area contributed by atoms with Gasteiger partial charge in [0.2, 0.25) is 11.9 Å². The summed E-state index contributed by atoms with van der Waals surface area (Å²) in [6.45, 7) is 0.797. The predicted molar refractivity (Wildman–Crippen MR) is 92.3 cm³/mol. The molecule has 0 N–H and O–H groups in total. The van der Waals surface area contributed by atoms with Crippen molar-refractivity contribution >= 4 is 11.9 Å². The van der Waals surface area contributed by atoms with Crippen LogP contribution >= 0.6 is 0 Å². The third-order valence-corrected chi connectivity index (χ3v) is 4.96. The van der Waals surface area contributed by atoms with Crippen molar-refractivity contribution in [1.82, 2.24) is 19.9 Å². The van der Waals surface area contributed by atoms with E-state index in [1.807, 2.05) is 0 Å². The standard InChI is InChI=1S/C18H18F3N5O2/c19-12-6-23-18(24-7-12)26-2-1-13(15(21)10-26)17(27)25-3-4-28-16-11(9-25)5-22-8-14(16)20/h5-8,13,15H,1-4,9-10H2/t13-,15-/m0/s1. The highest BCUT2D eigenvalue weighted by molar-refractivity contribution is 5.80. The van der Waals surface area contributed by atoms with Crippen LogP contribution in [0.1, 0.15) is 12.0 Å². The summed E-state index contributed by atoms with van der Waals surface area (Å²) in [6.07, 6.45) is 3.39. The zero-order valence-corrected chi connectivity index (χ0v) is 14.9. The van der Waals surface area contributed by atoms with Gasteiger partial charge in [-0.05, 0) is 6.42 Å². The number of rotatable bonds is 2. The van der Waals surface area contributed by atoms with E-state index >= 15 is 0 Å². The molecule has 0 saturated carbocycles. The molecule has 10 heteroatoms. The van der Waals surface area contributed by atoms with Gasteiger partial charge in [-0.1, -0.05) is 0 Å². The van der Waals surface area contributed by atoms with Crippen LogP contribution in [0.15, 0.2) is 24.8 Å². The number of hydrogen-bond donors (Lipinski definition) is 0. The molecule has 2 aliphatic heterocycles. The van der Waals surface area contributed by atoms with Crippen LogP contribution in [-0.2, 0) is 11.3 Å². The average Bonchev–Trinajstić information content (AvgIpc) is 2.91. The lowest BCUT2D eigenvalue weighted by Crippen LogP contribution is -2.49. The van der Waals surface area contributed by atoms with Gasteiger partial charge in [0, 0.05) is 18.3 Å². The number of pyridine rings is 1. The Balaban J connectivity index is 1.44. The Morgan fingerprint density at radius 1 is 1.14 bits per heavy atom. The van der Waals surface area contributed by atoms with Gasteiger partial charge in [-0.25, -0.2) is 23.1 Å². The number of carbonyl (C=O) groups excluding carboxylic acids is 1. The number of hydrogen-bond acceptors (Lipinski definition) is 6. The monoisotopic (exact) mass is 393 g/mol. The smallest absolute Gasteiger partial charge is 0.229 e. The van der Waals surface area contributed by atoms with E-state index in [1.165, 1.54) is 11.1 Å². The predicted octanol–water partition coefficient (Wildman–Crippen LogP) is 1.74. The zero-order chi connectivity index (χ0) is 19.7. The molecule has 2 aromatic rings. The summed E-state index contributed by atoms with van der Waals surface area (Å²) < 4.78 is 47.0. The Morgan fingerprint density at radius 2 is 1.93 bits per heavy atom. The summed E-state index contributed by atoms with van der Waals surface area (Å²) in [5.74, 6) is -1.99. The van der Waals surface area contributed by atoms with Gasteiger partial charge in [0.1, 0.15) is 12.8 Å². The molecule has 4 heterocycles. The van der Waals surface area contributed by atoms with Gasteiger partial charge in [-0.15, -0.1) is 0 Å². The van der Waals surface area contributed by atoms with E-state index in [4.69, 9.17) is 4.74 Å². The minimum atomic E-state index is -1.43. The van der Waals surface area contributed by atoms with Gasteiger partial charge in [0.25, 0.3) is 0 Å². The number of alkyl halides is 1. The molecule has 2 aliphatic rings. The van der Waals surface area contributed by atoms with Crippen LogP contribution in [0.2, 0.25) is 0 Å². The number of fused-ring (bicyclic) bond motifs is 1. The number of aromatic nitrogens is 3. The fourth-order valence-electron chi connectivity index (χ4n) is 3.54. The number of ether oxygens (including phenoxy) is 1. The van der Waals surface area contributed by atoms with E-state index in [0.717, 1.165) is 18.6 Å². The molecule has 148 valence electrons. The fourth-order valence-corrected chi connectivity index (χ4v) is 3.54. The molecule has 0 spiro atoms. The lowest BCUT2D eigenvalue weighted by molar-refractivity contribution is -0.139. The van der Waals surface area contributed by atoms with Crippen LogP contribution in [0.5, 0.6) is 5.75 Å². The van der Waals surface area contributed by atoms with E-state index < -0.39 is 23.7 Å². The van der Waals surface area contributed by atoms with Crippen LogP contribution in [-0.4, -0.2) is 58.2 Å². The third-order valence-electron chi connectivity index (χ3n) is 4.96. The molecule has 4 rings (SSSR count). The minimum Gasteiger partial charge on any atom is -0.488 e. The molecular formula is C18H18F3N5O2. The van der Waals surface area contributed by atoms with Gasteiger partial charge in [-0.3, -0.25) is 9.78 Å². The SMILES string of the molecule is O=C([C@H]1CCN(c2ncc(F)cn2)C[C@@H]1F)N1CCOc2c(F)cncc2C1. The minimum absolute atomic E-state index is 0.0564. The van der Waals surface area contributed by atoms with Crippen molar-refractivity contribution in [2.75, 3.05) is 31.1 Å². The molecule has 0 unspecified atom stereocenters. The fraction of sp³-hybridized carbons (Fsp3) is 0.444. The first kappa shape index (κ1) is 18.5. The molecule has 2 aromatic heterocycles. The number of amides is 1. The molecule has 1 fully saturated rings. The average molecular weight is 393 g/mol. The first-order valence-corrected chi connectivity index (χ1v) is 8.93. The van der Waals surface area contributed by atoms with Gasteiger partial charge in [0.05, 0.1) is 44.1 Å². The van der Waals surface area contributed by atoms with Crippen LogP contribution in [0.3, 0.4) is 0 Å². The third kappa shape index (κ3) is 3.58. The van der Waals surface area contributed by atoms with Crippen LogP contribution in [0.25, 0.3) is 0 Å². The van der Waals surface area contributed by atoms with Gasteiger partial charge < -0.3 is 14.5 Å². The topological polar surface area (TPSA) is 71.5 Å². The first-order chi connectivity index (χ1) is 13.5. The van der Waals surface area contributed by atoms with E-state index in [9.17, 15) is 18.0 Å². The second-order valence-electron chi connectivity index (χ2n) is 6.78. The van der Waals surface area contributed by atoms with Crippen molar-refractivity contribution in [3.8, 4) is 5.75 Å². The first-order valence-electron chi connectivity index (χ1n) is 8.93. The lowest BCUT2D eigenvalue weighted by Gasteiger charge is -2.36. The van der Waals surface area contributed by atoms with Crippen molar-refractivity contribution < 1.29 is 22.7 Å².